The average molecular weight is 418 g/mol. The van der Waals surface area contributed by atoms with E-state index in [4.69, 9.17) is 10.5 Å². The van der Waals surface area contributed by atoms with E-state index in [0.717, 1.165) is 22.1 Å². The third kappa shape index (κ3) is 3.23. The number of nitrogens with zero attached hydrogens (tertiary/aromatic N) is 5. The average Bonchev–Trinajstić information content (AvgIpc) is 3.21. The lowest BCUT2D eigenvalue weighted by molar-refractivity contribution is -0.633. The SMILES string of the molecule is COc1cccc2c(-c3cnn(Cc4cccc(C5(O)CCC5)[n+]4[O-])c3)nc(N)nc12. The topological polar surface area (TPSA) is 126 Å². The van der Waals surface area contributed by atoms with Gasteiger partial charge in [-0.2, -0.15) is 9.83 Å². The van der Waals surface area contributed by atoms with E-state index < -0.39 is 5.60 Å². The molecule has 0 atom stereocenters. The molecule has 3 aromatic heterocycles. The molecule has 0 aliphatic heterocycles. The number of fused-ring (bicyclic) bond motifs is 1. The van der Waals surface area contributed by atoms with Gasteiger partial charge in [0.15, 0.2) is 0 Å². The van der Waals surface area contributed by atoms with Crippen molar-refractivity contribution in [2.75, 3.05) is 12.8 Å². The molecule has 0 spiro atoms. The first-order chi connectivity index (χ1) is 15.0. The molecule has 0 unspecified atom stereocenters. The smallest absolute Gasteiger partial charge is 0.224 e. The van der Waals surface area contributed by atoms with Gasteiger partial charge in [-0.3, -0.25) is 4.68 Å². The Labute approximate surface area is 178 Å². The first-order valence-corrected chi connectivity index (χ1v) is 10.1. The number of hydrogen-bond acceptors (Lipinski definition) is 7. The summed E-state index contributed by atoms with van der Waals surface area (Å²) in [5, 5.41) is 28.6. The van der Waals surface area contributed by atoms with Crippen LogP contribution in [0.5, 0.6) is 5.75 Å². The van der Waals surface area contributed by atoms with Gasteiger partial charge in [-0.1, -0.05) is 12.1 Å². The molecule has 1 aliphatic carbocycles. The molecular weight excluding hydrogens is 396 g/mol. The molecule has 31 heavy (non-hydrogen) atoms. The summed E-state index contributed by atoms with van der Waals surface area (Å²) in [5.41, 5.74) is 7.82. The Morgan fingerprint density at radius 2 is 2.03 bits per heavy atom. The van der Waals surface area contributed by atoms with E-state index in [1.54, 1.807) is 36.2 Å². The molecule has 0 bridgehead atoms. The van der Waals surface area contributed by atoms with Crippen LogP contribution in [0.4, 0.5) is 5.95 Å². The summed E-state index contributed by atoms with van der Waals surface area (Å²) in [6.45, 7) is 0.259. The third-order valence-electron chi connectivity index (χ3n) is 5.84. The van der Waals surface area contributed by atoms with E-state index in [1.165, 1.54) is 0 Å². The fourth-order valence-electron chi connectivity index (χ4n) is 4.04. The number of methoxy groups -OCH3 is 1. The second kappa shape index (κ2) is 7.21. The highest BCUT2D eigenvalue weighted by Crippen LogP contribution is 2.39. The molecule has 3 heterocycles. The number of nitrogen functional groups attached to an aromatic ring is 1. The Morgan fingerprint density at radius 1 is 1.23 bits per heavy atom. The molecule has 5 rings (SSSR count). The monoisotopic (exact) mass is 418 g/mol. The van der Waals surface area contributed by atoms with E-state index in [0.29, 0.717) is 41.2 Å². The van der Waals surface area contributed by atoms with Crippen LogP contribution in [0.15, 0.2) is 48.8 Å². The number of nitrogens with two attached hydrogens (primary N) is 1. The highest BCUT2D eigenvalue weighted by Gasteiger charge is 2.43. The van der Waals surface area contributed by atoms with Gasteiger partial charge in [0.2, 0.25) is 17.3 Å². The van der Waals surface area contributed by atoms with Crippen LogP contribution in [0.1, 0.15) is 30.7 Å². The Bertz CT molecular complexity index is 1280. The summed E-state index contributed by atoms with van der Waals surface area (Å²) in [6, 6.07) is 10.8. The lowest BCUT2D eigenvalue weighted by Crippen LogP contribution is -2.48. The van der Waals surface area contributed by atoms with E-state index in [2.05, 4.69) is 15.1 Å². The molecule has 158 valence electrons. The first kappa shape index (κ1) is 19.3. The van der Waals surface area contributed by atoms with E-state index in [1.807, 2.05) is 24.4 Å². The maximum absolute atomic E-state index is 12.8. The van der Waals surface area contributed by atoms with Crippen LogP contribution < -0.4 is 15.2 Å². The minimum atomic E-state index is -1.02. The zero-order chi connectivity index (χ0) is 21.6. The second-order valence-corrected chi connectivity index (χ2v) is 7.80. The standard InChI is InChI=1S/C22H22N6O3/c1-31-17-7-3-6-16-19(25-21(23)26-20(16)17)14-11-24-27(12-14)13-15-5-2-8-18(28(15)30)22(29)9-4-10-22/h2-3,5-8,11-12,29H,4,9-10,13H2,1H3,(H2,23,25,26). The van der Waals surface area contributed by atoms with Crippen LogP contribution in [0, 0.1) is 5.21 Å². The summed E-state index contributed by atoms with van der Waals surface area (Å²) in [6.07, 6.45) is 5.63. The minimum Gasteiger partial charge on any atom is -0.618 e. The van der Waals surface area contributed by atoms with Gasteiger partial charge in [0, 0.05) is 29.3 Å². The molecule has 1 fully saturated rings. The van der Waals surface area contributed by atoms with Crippen LogP contribution in [0.25, 0.3) is 22.2 Å². The summed E-state index contributed by atoms with van der Waals surface area (Å²) < 4.78 is 7.89. The van der Waals surface area contributed by atoms with Crippen molar-refractivity contribution in [1.82, 2.24) is 19.7 Å². The van der Waals surface area contributed by atoms with E-state index >= 15 is 0 Å². The maximum atomic E-state index is 12.8. The summed E-state index contributed by atoms with van der Waals surface area (Å²) in [7, 11) is 1.58. The van der Waals surface area contributed by atoms with Crippen molar-refractivity contribution in [1.29, 1.82) is 0 Å². The number of aliphatic hydroxyl groups is 1. The van der Waals surface area contributed by atoms with Crippen LogP contribution in [0.3, 0.4) is 0 Å². The molecule has 9 heteroatoms. The summed E-state index contributed by atoms with van der Waals surface area (Å²) in [4.78, 5) is 8.72. The number of pyridine rings is 1. The molecule has 3 N–H and O–H groups in total. The van der Waals surface area contributed by atoms with Gasteiger partial charge in [-0.25, -0.2) is 9.97 Å². The van der Waals surface area contributed by atoms with Crippen LogP contribution >= 0.6 is 0 Å². The van der Waals surface area contributed by atoms with Crippen molar-refractivity contribution in [3.05, 3.63) is 65.4 Å². The quantitative estimate of drug-likeness (QED) is 0.376. The molecule has 0 radical (unpaired) electrons. The Hall–Kier alpha value is -3.72. The van der Waals surface area contributed by atoms with Crippen LogP contribution in [0.2, 0.25) is 0 Å². The third-order valence-corrected chi connectivity index (χ3v) is 5.84. The van der Waals surface area contributed by atoms with Crippen molar-refractivity contribution in [3.63, 3.8) is 0 Å². The normalized spacial score (nSPS) is 15.0. The fourth-order valence-corrected chi connectivity index (χ4v) is 4.04. The van der Waals surface area contributed by atoms with Crippen molar-refractivity contribution < 1.29 is 14.6 Å². The molecule has 9 nitrogen and oxygen atoms in total. The van der Waals surface area contributed by atoms with Crippen LogP contribution in [-0.4, -0.2) is 32.0 Å². The van der Waals surface area contributed by atoms with Gasteiger partial charge >= 0.3 is 0 Å². The zero-order valence-electron chi connectivity index (χ0n) is 17.0. The Kier molecular flexibility index (Phi) is 4.48. The second-order valence-electron chi connectivity index (χ2n) is 7.80. The number of rotatable bonds is 5. The first-order valence-electron chi connectivity index (χ1n) is 10.1. The summed E-state index contributed by atoms with van der Waals surface area (Å²) >= 11 is 0. The number of aromatic nitrogens is 5. The molecule has 1 saturated carbocycles. The molecule has 1 aromatic carbocycles. The number of hydrogen-bond donors (Lipinski definition) is 2. The fraction of sp³-hybridized carbons (Fsp3) is 0.273. The number of benzene rings is 1. The Morgan fingerprint density at radius 3 is 2.77 bits per heavy atom. The van der Waals surface area contributed by atoms with Crippen molar-refractivity contribution in [2.45, 2.75) is 31.4 Å². The summed E-state index contributed by atoms with van der Waals surface area (Å²) in [5.74, 6) is 0.747. The lowest BCUT2D eigenvalue weighted by atomic mass is 9.77. The van der Waals surface area contributed by atoms with Gasteiger partial charge in [0.05, 0.1) is 19.0 Å². The molecule has 1 aliphatic rings. The van der Waals surface area contributed by atoms with Gasteiger partial charge in [-0.15, -0.1) is 0 Å². The van der Waals surface area contributed by atoms with Crippen LogP contribution in [-0.2, 0) is 12.1 Å². The van der Waals surface area contributed by atoms with Crippen molar-refractivity contribution in [2.24, 2.45) is 0 Å². The molecule has 0 amide bonds. The zero-order valence-corrected chi connectivity index (χ0v) is 17.0. The van der Waals surface area contributed by atoms with Gasteiger partial charge in [-0.05, 0) is 31.4 Å². The minimum absolute atomic E-state index is 0.138. The number of anilines is 1. The van der Waals surface area contributed by atoms with Gasteiger partial charge in [0.25, 0.3) is 0 Å². The number of ether oxygens (including phenoxy) is 1. The van der Waals surface area contributed by atoms with Crippen molar-refractivity contribution in [3.8, 4) is 17.0 Å². The van der Waals surface area contributed by atoms with E-state index in [9.17, 15) is 10.3 Å². The largest absolute Gasteiger partial charge is 0.618 e. The predicted octanol–water partition coefficient (Wildman–Crippen LogP) is 2.14. The van der Waals surface area contributed by atoms with Gasteiger partial charge < -0.3 is 20.8 Å². The van der Waals surface area contributed by atoms with Crippen molar-refractivity contribution >= 4 is 16.9 Å². The highest BCUT2D eigenvalue weighted by atomic mass is 16.5. The molecule has 4 aromatic rings. The lowest BCUT2D eigenvalue weighted by Gasteiger charge is -2.34. The molecular formula is C22H22N6O3. The van der Waals surface area contributed by atoms with E-state index in [-0.39, 0.29) is 12.5 Å². The highest BCUT2D eigenvalue weighted by molar-refractivity contribution is 5.96. The molecule has 0 saturated heterocycles. The number of para-hydroxylation sites is 1. The Balaban J connectivity index is 1.50. The van der Waals surface area contributed by atoms with Gasteiger partial charge in [0.1, 0.15) is 23.4 Å². The maximum Gasteiger partial charge on any atom is 0.224 e. The predicted molar refractivity (Wildman–Crippen MR) is 114 cm³/mol.